The average molecular weight is 363 g/mol. The fourth-order valence-corrected chi connectivity index (χ4v) is 3.06. The van der Waals surface area contributed by atoms with E-state index in [0.29, 0.717) is 6.54 Å². The Kier molecular flexibility index (Phi) is 6.04. The van der Waals surface area contributed by atoms with Crippen molar-refractivity contribution in [2.75, 3.05) is 13.1 Å². The minimum Gasteiger partial charge on any atom is -0.348 e. The molecule has 0 saturated carbocycles. The number of hydrogen-bond donors (Lipinski definition) is 2. The largest absolute Gasteiger partial charge is 0.348 e. The molecule has 0 saturated heterocycles. The number of carbonyl (C=O) groups is 1. The number of benzene rings is 2. The summed E-state index contributed by atoms with van der Waals surface area (Å²) in [7, 11) is 0. The third-order valence-corrected chi connectivity index (χ3v) is 4.77. The molecular weight excluding hydrogens is 338 g/mol. The lowest BCUT2D eigenvalue weighted by Gasteiger charge is -2.18. The summed E-state index contributed by atoms with van der Waals surface area (Å²) in [5, 5.41) is 3.67. The Labute approximate surface area is 159 Å². The summed E-state index contributed by atoms with van der Waals surface area (Å²) >= 11 is 0. The van der Waals surface area contributed by atoms with E-state index in [1.54, 1.807) is 6.07 Å². The highest BCUT2D eigenvalue weighted by Crippen LogP contribution is 2.11. The first kappa shape index (κ1) is 18.9. The van der Waals surface area contributed by atoms with Crippen molar-refractivity contribution in [1.82, 2.24) is 15.2 Å². The molecule has 140 valence electrons. The summed E-state index contributed by atoms with van der Waals surface area (Å²) in [6.45, 7) is 7.66. The van der Waals surface area contributed by atoms with Gasteiger partial charge in [0, 0.05) is 18.6 Å². The molecule has 3 aromatic rings. The van der Waals surface area contributed by atoms with Crippen molar-refractivity contribution in [3.8, 4) is 0 Å². The van der Waals surface area contributed by atoms with Gasteiger partial charge in [-0.3, -0.25) is 14.5 Å². The maximum atomic E-state index is 12.4. The van der Waals surface area contributed by atoms with E-state index >= 15 is 0 Å². The van der Waals surface area contributed by atoms with Crippen LogP contribution in [0.5, 0.6) is 0 Å². The van der Waals surface area contributed by atoms with E-state index in [2.05, 4.69) is 41.2 Å². The summed E-state index contributed by atoms with van der Waals surface area (Å²) in [5.74, 6) is -0.366. The van der Waals surface area contributed by atoms with Crippen molar-refractivity contribution in [3.63, 3.8) is 0 Å². The fraction of sp³-hybridized carbons (Fsp3) is 0.273. The zero-order valence-electron chi connectivity index (χ0n) is 15.8. The van der Waals surface area contributed by atoms with E-state index < -0.39 is 0 Å². The quantitative estimate of drug-likeness (QED) is 0.677. The second kappa shape index (κ2) is 8.64. The second-order valence-electron chi connectivity index (χ2n) is 6.56. The van der Waals surface area contributed by atoms with Gasteiger partial charge in [0.1, 0.15) is 5.56 Å². The number of hydrogen-bond acceptors (Lipinski definition) is 3. The average Bonchev–Trinajstić information content (AvgIpc) is 2.70. The van der Waals surface area contributed by atoms with Crippen molar-refractivity contribution in [1.29, 1.82) is 0 Å². The van der Waals surface area contributed by atoms with Crippen LogP contribution in [-0.4, -0.2) is 28.9 Å². The van der Waals surface area contributed by atoms with Gasteiger partial charge < -0.3 is 10.3 Å². The highest BCUT2D eigenvalue weighted by molar-refractivity contribution is 5.97. The predicted octanol–water partition coefficient (Wildman–Crippen LogP) is 3.30. The molecule has 0 aliphatic rings. The Morgan fingerprint density at radius 3 is 2.37 bits per heavy atom. The molecule has 27 heavy (non-hydrogen) atoms. The summed E-state index contributed by atoms with van der Waals surface area (Å²) in [6, 6.07) is 17.3. The van der Waals surface area contributed by atoms with Crippen molar-refractivity contribution in [2.24, 2.45) is 0 Å². The Balaban J connectivity index is 1.65. The molecular formula is C22H25N3O2. The number of rotatable bonds is 7. The first-order valence-corrected chi connectivity index (χ1v) is 9.31. The highest BCUT2D eigenvalue weighted by atomic mass is 16.2. The van der Waals surface area contributed by atoms with E-state index in [-0.39, 0.29) is 17.0 Å². The summed E-state index contributed by atoms with van der Waals surface area (Å²) in [4.78, 5) is 29.7. The van der Waals surface area contributed by atoms with E-state index in [0.717, 1.165) is 36.1 Å². The van der Waals surface area contributed by atoms with Crippen LogP contribution in [0.25, 0.3) is 10.9 Å². The third-order valence-electron chi connectivity index (χ3n) is 4.77. The summed E-state index contributed by atoms with van der Waals surface area (Å²) in [5.41, 5.74) is 2.74. The zero-order chi connectivity index (χ0) is 19.2. The van der Waals surface area contributed by atoms with Crippen molar-refractivity contribution in [2.45, 2.75) is 26.9 Å². The number of amides is 1. The van der Waals surface area contributed by atoms with Gasteiger partial charge in [0.2, 0.25) is 0 Å². The highest BCUT2D eigenvalue weighted by Gasteiger charge is 2.11. The fourth-order valence-electron chi connectivity index (χ4n) is 3.06. The standard InChI is InChI=1S/C22H25N3O2/c1-3-25(4-2)15-17-11-9-16(10-12-17)14-23-21(26)19-13-18-7-5-6-8-20(18)24-22(19)27/h5-13H,3-4,14-15H2,1-2H3,(H,23,26)(H,24,27). The Morgan fingerprint density at radius 2 is 1.67 bits per heavy atom. The Bertz CT molecular complexity index is 973. The molecule has 0 fully saturated rings. The maximum Gasteiger partial charge on any atom is 0.261 e. The SMILES string of the molecule is CCN(CC)Cc1ccc(CNC(=O)c2cc3ccccc3[nH]c2=O)cc1. The maximum absolute atomic E-state index is 12.4. The molecule has 0 aliphatic carbocycles. The Morgan fingerprint density at radius 1 is 1.00 bits per heavy atom. The van der Waals surface area contributed by atoms with Crippen LogP contribution in [0.4, 0.5) is 0 Å². The van der Waals surface area contributed by atoms with Gasteiger partial charge in [-0.1, -0.05) is 56.3 Å². The smallest absolute Gasteiger partial charge is 0.261 e. The number of fused-ring (bicyclic) bond motifs is 1. The first-order valence-electron chi connectivity index (χ1n) is 9.31. The van der Waals surface area contributed by atoms with Gasteiger partial charge in [0.05, 0.1) is 0 Å². The number of nitrogens with one attached hydrogen (secondary N) is 2. The molecule has 0 atom stereocenters. The van der Waals surface area contributed by atoms with Gasteiger partial charge in [-0.05, 0) is 41.7 Å². The predicted molar refractivity (Wildman–Crippen MR) is 109 cm³/mol. The summed E-state index contributed by atoms with van der Waals surface area (Å²) < 4.78 is 0. The van der Waals surface area contributed by atoms with E-state index in [1.165, 1.54) is 5.56 Å². The number of aromatic nitrogens is 1. The molecule has 1 aromatic heterocycles. The second-order valence-corrected chi connectivity index (χ2v) is 6.56. The van der Waals surface area contributed by atoms with Gasteiger partial charge in [-0.2, -0.15) is 0 Å². The lowest BCUT2D eigenvalue weighted by molar-refractivity contribution is 0.0949. The number of pyridine rings is 1. The molecule has 0 radical (unpaired) electrons. The molecule has 1 heterocycles. The van der Waals surface area contributed by atoms with Crippen molar-refractivity contribution < 1.29 is 4.79 Å². The first-order chi connectivity index (χ1) is 13.1. The summed E-state index contributed by atoms with van der Waals surface area (Å²) in [6.07, 6.45) is 0. The number of H-pyrrole nitrogens is 1. The number of nitrogens with zero attached hydrogens (tertiary/aromatic N) is 1. The molecule has 0 bridgehead atoms. The minimum atomic E-state index is -0.374. The van der Waals surface area contributed by atoms with Gasteiger partial charge in [0.25, 0.3) is 11.5 Å². The van der Waals surface area contributed by atoms with Gasteiger partial charge in [0.15, 0.2) is 0 Å². The van der Waals surface area contributed by atoms with Crippen LogP contribution >= 0.6 is 0 Å². The number of para-hydroxylation sites is 1. The van der Waals surface area contributed by atoms with Crippen LogP contribution in [0.2, 0.25) is 0 Å². The molecule has 2 aromatic carbocycles. The van der Waals surface area contributed by atoms with Gasteiger partial charge in [-0.25, -0.2) is 0 Å². The third kappa shape index (κ3) is 4.63. The van der Waals surface area contributed by atoms with Crippen LogP contribution < -0.4 is 10.9 Å². The van der Waals surface area contributed by atoms with Crippen LogP contribution in [0.1, 0.15) is 35.3 Å². The number of aromatic amines is 1. The number of carbonyl (C=O) groups excluding carboxylic acids is 1. The molecule has 1 amide bonds. The lowest BCUT2D eigenvalue weighted by atomic mass is 10.1. The van der Waals surface area contributed by atoms with Crippen molar-refractivity contribution >= 4 is 16.8 Å². The van der Waals surface area contributed by atoms with E-state index in [1.807, 2.05) is 36.4 Å². The molecule has 5 nitrogen and oxygen atoms in total. The Hall–Kier alpha value is -2.92. The topological polar surface area (TPSA) is 65.2 Å². The van der Waals surface area contributed by atoms with E-state index in [4.69, 9.17) is 0 Å². The van der Waals surface area contributed by atoms with Crippen LogP contribution in [0.3, 0.4) is 0 Å². The molecule has 2 N–H and O–H groups in total. The van der Waals surface area contributed by atoms with Gasteiger partial charge >= 0.3 is 0 Å². The van der Waals surface area contributed by atoms with Crippen LogP contribution in [0.15, 0.2) is 59.4 Å². The molecule has 5 heteroatoms. The normalized spacial score (nSPS) is 11.1. The van der Waals surface area contributed by atoms with Crippen LogP contribution in [-0.2, 0) is 13.1 Å². The zero-order valence-corrected chi connectivity index (χ0v) is 15.8. The monoisotopic (exact) mass is 363 g/mol. The molecule has 0 spiro atoms. The molecule has 0 unspecified atom stereocenters. The van der Waals surface area contributed by atoms with Crippen LogP contribution in [0, 0.1) is 0 Å². The molecule has 0 aliphatic heterocycles. The molecule has 3 rings (SSSR count). The van der Waals surface area contributed by atoms with Gasteiger partial charge in [-0.15, -0.1) is 0 Å². The van der Waals surface area contributed by atoms with Crippen molar-refractivity contribution in [3.05, 3.63) is 81.6 Å². The lowest BCUT2D eigenvalue weighted by Crippen LogP contribution is -2.29. The minimum absolute atomic E-state index is 0.131. The van der Waals surface area contributed by atoms with E-state index in [9.17, 15) is 9.59 Å².